The average molecular weight is 260 g/mol. The molecule has 0 spiro atoms. The number of benzene rings is 2. The zero-order valence-electron chi connectivity index (χ0n) is 10.1. The summed E-state index contributed by atoms with van der Waals surface area (Å²) in [5.41, 5.74) is 7.18. The van der Waals surface area contributed by atoms with Gasteiger partial charge in [-0.3, -0.25) is 10.1 Å². The van der Waals surface area contributed by atoms with Gasteiger partial charge in [0.05, 0.1) is 4.92 Å². The lowest BCUT2D eigenvalue weighted by molar-refractivity contribution is -0.385. The van der Waals surface area contributed by atoms with Crippen LogP contribution in [0.2, 0.25) is 0 Å². The maximum absolute atomic E-state index is 13.1. The maximum Gasteiger partial charge on any atom is 0.272 e. The monoisotopic (exact) mass is 260 g/mol. The Morgan fingerprint density at radius 3 is 2.63 bits per heavy atom. The first-order valence-electron chi connectivity index (χ1n) is 5.81. The normalized spacial score (nSPS) is 12.1. The van der Waals surface area contributed by atoms with Crippen molar-refractivity contribution in [3.05, 3.63) is 75.6 Å². The highest BCUT2D eigenvalue weighted by atomic mass is 19.1. The second-order valence-electron chi connectivity index (χ2n) is 4.25. The van der Waals surface area contributed by atoms with Crippen molar-refractivity contribution in [3.8, 4) is 0 Å². The molecule has 1 atom stereocenters. The van der Waals surface area contributed by atoms with E-state index in [4.69, 9.17) is 5.73 Å². The van der Waals surface area contributed by atoms with Crippen molar-refractivity contribution in [2.24, 2.45) is 5.73 Å². The van der Waals surface area contributed by atoms with Crippen LogP contribution in [0.1, 0.15) is 17.2 Å². The number of rotatable bonds is 4. The Morgan fingerprint density at radius 2 is 1.95 bits per heavy atom. The Kier molecular flexibility index (Phi) is 3.87. The van der Waals surface area contributed by atoms with Crippen LogP contribution < -0.4 is 5.73 Å². The summed E-state index contributed by atoms with van der Waals surface area (Å²) >= 11 is 0. The summed E-state index contributed by atoms with van der Waals surface area (Å²) in [6.07, 6.45) is 0.292. The molecule has 5 heteroatoms. The van der Waals surface area contributed by atoms with E-state index in [1.54, 1.807) is 30.3 Å². The number of para-hydroxylation sites is 1. The largest absolute Gasteiger partial charge is 0.324 e. The number of nitro groups is 1. The second kappa shape index (κ2) is 5.58. The second-order valence-corrected chi connectivity index (χ2v) is 4.25. The zero-order valence-corrected chi connectivity index (χ0v) is 10.1. The van der Waals surface area contributed by atoms with E-state index >= 15 is 0 Å². The van der Waals surface area contributed by atoms with Gasteiger partial charge in [-0.05, 0) is 24.1 Å². The number of nitro benzene ring substituents is 1. The van der Waals surface area contributed by atoms with Crippen LogP contribution in [0.15, 0.2) is 48.5 Å². The van der Waals surface area contributed by atoms with Crippen molar-refractivity contribution in [2.75, 3.05) is 0 Å². The molecule has 0 fully saturated rings. The summed E-state index contributed by atoms with van der Waals surface area (Å²) in [5.74, 6) is -0.365. The van der Waals surface area contributed by atoms with Gasteiger partial charge in [-0.2, -0.15) is 0 Å². The smallest absolute Gasteiger partial charge is 0.272 e. The Morgan fingerprint density at radius 1 is 1.21 bits per heavy atom. The predicted molar refractivity (Wildman–Crippen MR) is 70.1 cm³/mol. The molecule has 1 unspecified atom stereocenters. The van der Waals surface area contributed by atoms with E-state index in [1.165, 1.54) is 18.2 Å². The highest BCUT2D eigenvalue weighted by molar-refractivity contribution is 5.41. The third-order valence-electron chi connectivity index (χ3n) is 2.90. The minimum Gasteiger partial charge on any atom is -0.324 e. The Balaban J connectivity index is 2.24. The van der Waals surface area contributed by atoms with E-state index in [0.29, 0.717) is 17.5 Å². The summed E-state index contributed by atoms with van der Waals surface area (Å²) in [4.78, 5) is 10.5. The van der Waals surface area contributed by atoms with Crippen molar-refractivity contribution in [2.45, 2.75) is 12.5 Å². The summed E-state index contributed by atoms with van der Waals surface area (Å²) in [6.45, 7) is 0. The molecule has 0 aromatic heterocycles. The predicted octanol–water partition coefficient (Wildman–Crippen LogP) is 2.98. The van der Waals surface area contributed by atoms with E-state index in [-0.39, 0.29) is 11.5 Å². The summed E-state index contributed by atoms with van der Waals surface area (Å²) in [7, 11) is 0. The van der Waals surface area contributed by atoms with Gasteiger partial charge in [0.25, 0.3) is 5.69 Å². The van der Waals surface area contributed by atoms with Gasteiger partial charge in [0.1, 0.15) is 5.82 Å². The molecule has 0 aliphatic rings. The fraction of sp³-hybridized carbons (Fsp3) is 0.143. The van der Waals surface area contributed by atoms with Crippen LogP contribution in [0, 0.1) is 15.9 Å². The first-order valence-corrected chi connectivity index (χ1v) is 5.81. The van der Waals surface area contributed by atoms with Crippen LogP contribution in [0.5, 0.6) is 0 Å². The molecule has 19 heavy (non-hydrogen) atoms. The molecule has 2 aromatic rings. The third-order valence-corrected chi connectivity index (χ3v) is 2.90. The lowest BCUT2D eigenvalue weighted by Gasteiger charge is -2.12. The fourth-order valence-corrected chi connectivity index (χ4v) is 1.95. The minimum atomic E-state index is -0.475. The molecule has 2 aromatic carbocycles. The first-order chi connectivity index (χ1) is 9.08. The van der Waals surface area contributed by atoms with Gasteiger partial charge in [-0.1, -0.05) is 30.3 Å². The Hall–Kier alpha value is -2.27. The number of nitrogens with zero attached hydrogens (tertiary/aromatic N) is 1. The van der Waals surface area contributed by atoms with Crippen molar-refractivity contribution in [1.29, 1.82) is 0 Å². The summed E-state index contributed by atoms with van der Waals surface area (Å²) < 4.78 is 13.1. The van der Waals surface area contributed by atoms with Crippen LogP contribution in [-0.4, -0.2) is 4.92 Å². The van der Waals surface area contributed by atoms with E-state index in [1.807, 2.05) is 0 Å². The SMILES string of the molecule is NC(Cc1ccccc1[N+](=O)[O-])c1cccc(F)c1. The Bertz CT molecular complexity index is 602. The summed E-state index contributed by atoms with van der Waals surface area (Å²) in [6, 6.07) is 11.9. The van der Waals surface area contributed by atoms with Crippen molar-refractivity contribution in [3.63, 3.8) is 0 Å². The molecule has 0 amide bonds. The van der Waals surface area contributed by atoms with Crippen molar-refractivity contribution >= 4 is 5.69 Å². The topological polar surface area (TPSA) is 69.2 Å². The van der Waals surface area contributed by atoms with E-state index in [9.17, 15) is 14.5 Å². The lowest BCUT2D eigenvalue weighted by Crippen LogP contribution is -2.14. The Labute approximate surface area is 109 Å². The molecule has 0 bridgehead atoms. The van der Waals surface area contributed by atoms with Crippen molar-refractivity contribution < 1.29 is 9.31 Å². The molecule has 98 valence electrons. The van der Waals surface area contributed by atoms with Crippen LogP contribution in [0.25, 0.3) is 0 Å². The molecular formula is C14H13FN2O2. The first kappa shape index (κ1) is 13.2. The van der Waals surface area contributed by atoms with Gasteiger partial charge in [0.15, 0.2) is 0 Å². The number of nitrogens with two attached hydrogens (primary N) is 1. The van der Waals surface area contributed by atoms with Gasteiger partial charge in [0.2, 0.25) is 0 Å². The van der Waals surface area contributed by atoms with Crippen molar-refractivity contribution in [1.82, 2.24) is 0 Å². The van der Waals surface area contributed by atoms with E-state index in [2.05, 4.69) is 0 Å². The molecular weight excluding hydrogens is 247 g/mol. The molecule has 2 rings (SSSR count). The minimum absolute atomic E-state index is 0.0364. The molecule has 0 saturated heterocycles. The molecule has 4 nitrogen and oxygen atoms in total. The van der Waals surface area contributed by atoms with Crippen LogP contribution in [0.3, 0.4) is 0 Å². The fourth-order valence-electron chi connectivity index (χ4n) is 1.95. The molecule has 0 saturated carbocycles. The van der Waals surface area contributed by atoms with E-state index < -0.39 is 11.0 Å². The van der Waals surface area contributed by atoms with Gasteiger partial charge in [-0.15, -0.1) is 0 Å². The van der Waals surface area contributed by atoms with E-state index in [0.717, 1.165) is 0 Å². The number of hydrogen-bond donors (Lipinski definition) is 1. The standard InChI is InChI=1S/C14H13FN2O2/c15-12-6-3-5-10(8-12)13(16)9-11-4-1-2-7-14(11)17(18)19/h1-8,13H,9,16H2. The summed E-state index contributed by atoms with van der Waals surface area (Å²) in [5, 5.41) is 10.9. The van der Waals surface area contributed by atoms with Crippen LogP contribution in [-0.2, 0) is 6.42 Å². The van der Waals surface area contributed by atoms with Gasteiger partial charge in [-0.25, -0.2) is 4.39 Å². The highest BCUT2D eigenvalue weighted by Crippen LogP contribution is 2.23. The number of halogens is 1. The van der Waals surface area contributed by atoms with Crippen LogP contribution >= 0.6 is 0 Å². The quantitative estimate of drug-likeness (QED) is 0.678. The molecule has 0 aliphatic heterocycles. The van der Waals surface area contributed by atoms with Gasteiger partial charge in [0, 0.05) is 17.7 Å². The lowest BCUT2D eigenvalue weighted by atomic mass is 9.98. The molecule has 0 radical (unpaired) electrons. The average Bonchev–Trinajstić information content (AvgIpc) is 2.39. The molecule has 0 aliphatic carbocycles. The highest BCUT2D eigenvalue weighted by Gasteiger charge is 2.16. The molecule has 0 heterocycles. The van der Waals surface area contributed by atoms with Gasteiger partial charge >= 0.3 is 0 Å². The zero-order chi connectivity index (χ0) is 13.8. The number of hydrogen-bond acceptors (Lipinski definition) is 3. The van der Waals surface area contributed by atoms with Gasteiger partial charge < -0.3 is 5.73 Å². The maximum atomic E-state index is 13.1. The third kappa shape index (κ3) is 3.14. The molecule has 2 N–H and O–H groups in total. The van der Waals surface area contributed by atoms with Crippen LogP contribution in [0.4, 0.5) is 10.1 Å².